The number of carbonyl (C=O) groups excluding carboxylic acids is 2. The van der Waals surface area contributed by atoms with E-state index in [1.54, 1.807) is 11.3 Å². The summed E-state index contributed by atoms with van der Waals surface area (Å²) in [6.07, 6.45) is 5.03. The third-order valence-electron chi connectivity index (χ3n) is 2.75. The maximum Gasteiger partial charge on any atom is 0.267 e. The van der Waals surface area contributed by atoms with Crippen molar-refractivity contribution in [1.82, 2.24) is 19.7 Å². The molecule has 0 aliphatic carbocycles. The van der Waals surface area contributed by atoms with Crippen LogP contribution in [0, 0.1) is 0 Å². The SMILES string of the molecule is O=C(Cc1ccn(-c2cccs2)c1)C(=O)c1nc[nH]n1. The molecule has 0 bridgehead atoms. The summed E-state index contributed by atoms with van der Waals surface area (Å²) in [6.45, 7) is 0. The first-order valence-corrected chi connectivity index (χ1v) is 6.76. The molecule has 1 N–H and O–H groups in total. The number of ketones is 2. The molecule has 0 fully saturated rings. The zero-order valence-electron chi connectivity index (χ0n) is 10.3. The fourth-order valence-corrected chi connectivity index (χ4v) is 2.50. The summed E-state index contributed by atoms with van der Waals surface area (Å²) < 4.78 is 1.92. The van der Waals surface area contributed by atoms with Gasteiger partial charge in [-0.25, -0.2) is 4.98 Å². The van der Waals surface area contributed by atoms with Crippen LogP contribution in [-0.2, 0) is 11.2 Å². The summed E-state index contributed by atoms with van der Waals surface area (Å²) in [5, 5.41) is 9.07. The number of Topliss-reactive ketones (excluding diaryl/α,β-unsaturated/α-hetero) is 2. The normalized spacial score (nSPS) is 10.6. The van der Waals surface area contributed by atoms with Gasteiger partial charge in [0.2, 0.25) is 11.6 Å². The van der Waals surface area contributed by atoms with Crippen molar-refractivity contribution in [1.29, 1.82) is 0 Å². The molecule has 0 saturated carbocycles. The molecular weight excluding hydrogens is 276 g/mol. The third kappa shape index (κ3) is 2.43. The molecule has 6 nitrogen and oxygen atoms in total. The zero-order chi connectivity index (χ0) is 13.9. The average Bonchev–Trinajstić information content (AvgIpc) is 3.19. The van der Waals surface area contributed by atoms with Crippen LogP contribution in [0.4, 0.5) is 0 Å². The van der Waals surface area contributed by atoms with E-state index in [-0.39, 0.29) is 12.2 Å². The second-order valence-electron chi connectivity index (χ2n) is 4.13. The molecule has 20 heavy (non-hydrogen) atoms. The smallest absolute Gasteiger partial charge is 0.267 e. The Labute approximate surface area is 118 Å². The maximum atomic E-state index is 11.9. The van der Waals surface area contributed by atoms with Crippen LogP contribution in [0.3, 0.4) is 0 Å². The molecule has 0 aromatic carbocycles. The molecular formula is C13H10N4O2S. The summed E-state index contributed by atoms with van der Waals surface area (Å²) in [7, 11) is 0. The molecule has 0 atom stereocenters. The zero-order valence-corrected chi connectivity index (χ0v) is 11.1. The summed E-state index contributed by atoms with van der Waals surface area (Å²) in [5.74, 6) is -1.28. The van der Waals surface area contributed by atoms with Crippen molar-refractivity contribution in [2.24, 2.45) is 0 Å². The van der Waals surface area contributed by atoms with Gasteiger partial charge in [-0.2, -0.15) is 0 Å². The summed E-state index contributed by atoms with van der Waals surface area (Å²) in [4.78, 5) is 27.3. The van der Waals surface area contributed by atoms with Gasteiger partial charge in [0.25, 0.3) is 5.78 Å². The van der Waals surface area contributed by atoms with Crippen LogP contribution >= 0.6 is 11.3 Å². The third-order valence-corrected chi connectivity index (χ3v) is 3.63. The van der Waals surface area contributed by atoms with Crippen LogP contribution in [0.15, 0.2) is 42.3 Å². The first-order valence-electron chi connectivity index (χ1n) is 5.88. The standard InChI is InChI=1S/C13H10N4O2S/c18-10(12(19)13-14-8-15-16-13)6-9-3-4-17(7-9)11-2-1-5-20-11/h1-5,7-8H,6H2,(H,14,15,16). The number of rotatable bonds is 5. The summed E-state index contributed by atoms with van der Waals surface area (Å²) in [5.41, 5.74) is 0.785. The number of nitrogens with zero attached hydrogens (tertiary/aromatic N) is 3. The number of aromatic nitrogens is 4. The Balaban J connectivity index is 1.72. The number of H-pyrrole nitrogens is 1. The lowest BCUT2D eigenvalue weighted by Crippen LogP contribution is -2.17. The first-order chi connectivity index (χ1) is 9.74. The molecule has 0 aliphatic rings. The molecule has 0 aliphatic heterocycles. The van der Waals surface area contributed by atoms with Gasteiger partial charge in [-0.15, -0.1) is 16.4 Å². The van der Waals surface area contributed by atoms with E-state index < -0.39 is 11.6 Å². The Morgan fingerprint density at radius 2 is 2.25 bits per heavy atom. The molecule has 0 radical (unpaired) electrons. The number of hydrogen-bond donors (Lipinski definition) is 1. The minimum Gasteiger partial charge on any atom is -0.315 e. The van der Waals surface area contributed by atoms with Crippen LogP contribution in [0.5, 0.6) is 0 Å². The lowest BCUT2D eigenvalue weighted by Gasteiger charge is -1.97. The monoisotopic (exact) mass is 286 g/mol. The molecule has 7 heteroatoms. The Bertz CT molecular complexity index is 728. The number of aromatic amines is 1. The lowest BCUT2D eigenvalue weighted by atomic mass is 10.1. The van der Waals surface area contributed by atoms with Gasteiger partial charge in [-0.1, -0.05) is 0 Å². The fourth-order valence-electron chi connectivity index (χ4n) is 1.81. The van der Waals surface area contributed by atoms with Crippen molar-refractivity contribution in [3.63, 3.8) is 0 Å². The van der Waals surface area contributed by atoms with Crippen molar-refractivity contribution in [3.05, 3.63) is 53.7 Å². The highest BCUT2D eigenvalue weighted by Gasteiger charge is 2.20. The average molecular weight is 286 g/mol. The second kappa shape index (κ2) is 5.22. The van der Waals surface area contributed by atoms with Crippen LogP contribution < -0.4 is 0 Å². The van der Waals surface area contributed by atoms with E-state index in [2.05, 4.69) is 15.2 Å². The number of carbonyl (C=O) groups is 2. The van der Waals surface area contributed by atoms with Crippen molar-refractivity contribution in [3.8, 4) is 5.00 Å². The molecule has 3 rings (SSSR count). The highest BCUT2D eigenvalue weighted by Crippen LogP contribution is 2.16. The van der Waals surface area contributed by atoms with Crippen LogP contribution in [-0.4, -0.2) is 31.3 Å². The topological polar surface area (TPSA) is 80.6 Å². The van der Waals surface area contributed by atoms with E-state index in [9.17, 15) is 9.59 Å². The van der Waals surface area contributed by atoms with Gasteiger partial charge in [0.1, 0.15) is 6.33 Å². The molecule has 0 unspecified atom stereocenters. The Morgan fingerprint density at radius 1 is 1.35 bits per heavy atom. The number of nitrogens with one attached hydrogen (secondary N) is 1. The van der Waals surface area contributed by atoms with Crippen molar-refractivity contribution in [2.45, 2.75) is 6.42 Å². The van der Waals surface area contributed by atoms with Gasteiger partial charge in [0.15, 0.2) is 0 Å². The fraction of sp³-hybridized carbons (Fsp3) is 0.0769. The van der Waals surface area contributed by atoms with Gasteiger partial charge < -0.3 is 4.57 Å². The number of hydrogen-bond acceptors (Lipinski definition) is 5. The Morgan fingerprint density at radius 3 is 2.95 bits per heavy atom. The molecule has 100 valence electrons. The van der Waals surface area contributed by atoms with Crippen molar-refractivity contribution < 1.29 is 9.59 Å². The lowest BCUT2D eigenvalue weighted by molar-refractivity contribution is -0.114. The summed E-state index contributed by atoms with van der Waals surface area (Å²) >= 11 is 1.60. The van der Waals surface area contributed by atoms with Gasteiger partial charge >= 0.3 is 0 Å². The van der Waals surface area contributed by atoms with E-state index in [1.165, 1.54) is 6.33 Å². The minimum atomic E-state index is -0.671. The van der Waals surface area contributed by atoms with Gasteiger partial charge in [0.05, 0.1) is 5.00 Å². The van der Waals surface area contributed by atoms with Crippen LogP contribution in [0.2, 0.25) is 0 Å². The van der Waals surface area contributed by atoms with Crippen LogP contribution in [0.25, 0.3) is 5.00 Å². The van der Waals surface area contributed by atoms with Gasteiger partial charge in [-0.05, 0) is 29.1 Å². The second-order valence-corrected chi connectivity index (χ2v) is 5.06. The highest BCUT2D eigenvalue weighted by atomic mass is 32.1. The molecule has 0 spiro atoms. The van der Waals surface area contributed by atoms with Gasteiger partial charge in [0, 0.05) is 18.8 Å². The number of thiophene rings is 1. The van der Waals surface area contributed by atoms with E-state index in [0.717, 1.165) is 10.6 Å². The van der Waals surface area contributed by atoms with E-state index in [4.69, 9.17) is 0 Å². The van der Waals surface area contributed by atoms with Gasteiger partial charge in [-0.3, -0.25) is 14.7 Å². The predicted molar refractivity (Wildman–Crippen MR) is 73.1 cm³/mol. The highest BCUT2D eigenvalue weighted by molar-refractivity contribution is 7.12. The molecule has 0 saturated heterocycles. The molecule has 3 aromatic heterocycles. The molecule has 0 amide bonds. The summed E-state index contributed by atoms with van der Waals surface area (Å²) in [6, 6.07) is 5.76. The maximum absolute atomic E-state index is 11.9. The Kier molecular flexibility index (Phi) is 3.26. The first kappa shape index (κ1) is 12.5. The molecule has 3 aromatic rings. The van der Waals surface area contributed by atoms with E-state index in [1.807, 2.05) is 40.5 Å². The van der Waals surface area contributed by atoms with E-state index in [0.29, 0.717) is 0 Å². The van der Waals surface area contributed by atoms with Crippen molar-refractivity contribution in [2.75, 3.05) is 0 Å². The van der Waals surface area contributed by atoms with E-state index >= 15 is 0 Å². The predicted octanol–water partition coefficient (Wildman–Crippen LogP) is 1.65. The minimum absolute atomic E-state index is 0.0474. The Hall–Kier alpha value is -2.54. The molecule has 3 heterocycles. The largest absolute Gasteiger partial charge is 0.315 e. The quantitative estimate of drug-likeness (QED) is 0.571. The van der Waals surface area contributed by atoms with Crippen LogP contribution in [0.1, 0.15) is 16.2 Å². The van der Waals surface area contributed by atoms with Crippen molar-refractivity contribution >= 4 is 22.9 Å².